The lowest BCUT2D eigenvalue weighted by molar-refractivity contribution is 0.228. The van der Waals surface area contributed by atoms with E-state index >= 15 is 0 Å². The first-order chi connectivity index (χ1) is 9.68. The molecule has 1 aromatic heterocycles. The molecule has 0 aliphatic carbocycles. The monoisotopic (exact) mass is 290 g/mol. The lowest BCUT2D eigenvalue weighted by atomic mass is 10.2. The Morgan fingerprint density at radius 2 is 2.05 bits per heavy atom. The van der Waals surface area contributed by atoms with Gasteiger partial charge in [0.1, 0.15) is 5.75 Å². The second kappa shape index (κ2) is 7.31. The van der Waals surface area contributed by atoms with E-state index in [1.165, 1.54) is 4.88 Å². The summed E-state index contributed by atoms with van der Waals surface area (Å²) in [6.45, 7) is 3.93. The van der Waals surface area contributed by atoms with Crippen molar-refractivity contribution >= 4 is 17.0 Å². The SMILES string of the molecule is CC(c1cccs1)N(C)CCCOc1ccccc1N. The van der Waals surface area contributed by atoms with Crippen molar-refractivity contribution in [2.75, 3.05) is 25.9 Å². The topological polar surface area (TPSA) is 38.5 Å². The Labute approximate surface area is 125 Å². The first-order valence-electron chi connectivity index (χ1n) is 6.89. The van der Waals surface area contributed by atoms with Crippen LogP contribution < -0.4 is 10.5 Å². The van der Waals surface area contributed by atoms with Gasteiger partial charge in [-0.15, -0.1) is 11.3 Å². The van der Waals surface area contributed by atoms with Gasteiger partial charge in [-0.2, -0.15) is 0 Å². The molecular weight excluding hydrogens is 268 g/mol. The molecular formula is C16H22N2OS. The Morgan fingerprint density at radius 1 is 1.25 bits per heavy atom. The second-order valence-corrected chi connectivity index (χ2v) is 5.89. The summed E-state index contributed by atoms with van der Waals surface area (Å²) in [6.07, 6.45) is 0.987. The van der Waals surface area contributed by atoms with Crippen LogP contribution >= 0.6 is 11.3 Å². The van der Waals surface area contributed by atoms with Gasteiger partial charge in [0.25, 0.3) is 0 Å². The third kappa shape index (κ3) is 3.99. The number of rotatable bonds is 7. The quantitative estimate of drug-likeness (QED) is 0.623. The number of hydrogen-bond donors (Lipinski definition) is 1. The number of nitrogens with two attached hydrogens (primary N) is 1. The molecule has 2 N–H and O–H groups in total. The van der Waals surface area contributed by atoms with Gasteiger partial charge in [-0.1, -0.05) is 18.2 Å². The number of benzene rings is 1. The van der Waals surface area contributed by atoms with E-state index in [0.717, 1.165) is 18.7 Å². The molecule has 0 amide bonds. The fraction of sp³-hybridized carbons (Fsp3) is 0.375. The van der Waals surface area contributed by atoms with E-state index in [-0.39, 0.29) is 0 Å². The van der Waals surface area contributed by atoms with Crippen molar-refractivity contribution in [2.24, 2.45) is 0 Å². The van der Waals surface area contributed by atoms with Crippen LogP contribution in [0.5, 0.6) is 5.75 Å². The van der Waals surface area contributed by atoms with E-state index in [1.807, 2.05) is 35.6 Å². The van der Waals surface area contributed by atoms with E-state index in [4.69, 9.17) is 10.5 Å². The van der Waals surface area contributed by atoms with Gasteiger partial charge < -0.3 is 10.5 Å². The van der Waals surface area contributed by atoms with Crippen molar-refractivity contribution in [2.45, 2.75) is 19.4 Å². The summed E-state index contributed by atoms with van der Waals surface area (Å²) in [6, 6.07) is 12.4. The van der Waals surface area contributed by atoms with Gasteiger partial charge in [0.2, 0.25) is 0 Å². The van der Waals surface area contributed by atoms with Crippen molar-refractivity contribution in [3.05, 3.63) is 46.7 Å². The molecule has 0 fully saturated rings. The predicted molar refractivity (Wildman–Crippen MR) is 86.3 cm³/mol. The summed E-state index contributed by atoms with van der Waals surface area (Å²) < 4.78 is 5.71. The standard InChI is InChI=1S/C16H22N2OS/c1-13(16-9-5-12-20-16)18(2)10-6-11-19-15-8-4-3-7-14(15)17/h3-5,7-9,12-13H,6,10-11,17H2,1-2H3. The normalized spacial score (nSPS) is 12.6. The van der Waals surface area contributed by atoms with Gasteiger partial charge in [0.15, 0.2) is 0 Å². The van der Waals surface area contributed by atoms with E-state index in [2.05, 4.69) is 36.4 Å². The molecule has 0 radical (unpaired) electrons. The lowest BCUT2D eigenvalue weighted by Gasteiger charge is -2.23. The van der Waals surface area contributed by atoms with E-state index < -0.39 is 0 Å². The van der Waals surface area contributed by atoms with Gasteiger partial charge >= 0.3 is 0 Å². The Bertz CT molecular complexity index is 513. The van der Waals surface area contributed by atoms with Crippen molar-refractivity contribution in [1.29, 1.82) is 0 Å². The number of ether oxygens (including phenoxy) is 1. The Morgan fingerprint density at radius 3 is 2.75 bits per heavy atom. The first-order valence-corrected chi connectivity index (χ1v) is 7.77. The van der Waals surface area contributed by atoms with Gasteiger partial charge in [-0.3, -0.25) is 4.90 Å². The number of nitrogen functional groups attached to an aromatic ring is 1. The lowest BCUT2D eigenvalue weighted by Crippen LogP contribution is -2.24. The van der Waals surface area contributed by atoms with Gasteiger partial charge in [-0.05, 0) is 44.0 Å². The molecule has 0 aliphatic rings. The average molecular weight is 290 g/mol. The van der Waals surface area contributed by atoms with E-state index in [0.29, 0.717) is 18.3 Å². The number of anilines is 1. The van der Waals surface area contributed by atoms with Crippen LogP contribution in [0.3, 0.4) is 0 Å². The minimum Gasteiger partial charge on any atom is -0.491 e. The van der Waals surface area contributed by atoms with Gasteiger partial charge in [-0.25, -0.2) is 0 Å². The number of nitrogens with zero attached hydrogens (tertiary/aromatic N) is 1. The average Bonchev–Trinajstić information content (AvgIpc) is 2.98. The molecule has 1 atom stereocenters. The van der Waals surface area contributed by atoms with Gasteiger partial charge in [0.05, 0.1) is 12.3 Å². The number of hydrogen-bond acceptors (Lipinski definition) is 4. The zero-order valence-corrected chi connectivity index (χ0v) is 12.9. The van der Waals surface area contributed by atoms with Crippen LogP contribution in [-0.2, 0) is 0 Å². The van der Waals surface area contributed by atoms with E-state index in [9.17, 15) is 0 Å². The maximum absolute atomic E-state index is 5.84. The fourth-order valence-electron chi connectivity index (χ4n) is 2.05. The molecule has 1 heterocycles. The summed E-state index contributed by atoms with van der Waals surface area (Å²) in [5.41, 5.74) is 6.54. The van der Waals surface area contributed by atoms with Crippen LogP contribution in [-0.4, -0.2) is 25.1 Å². The van der Waals surface area contributed by atoms with Crippen LogP contribution in [0.15, 0.2) is 41.8 Å². The van der Waals surface area contributed by atoms with E-state index in [1.54, 1.807) is 0 Å². The molecule has 1 aromatic carbocycles. The molecule has 2 aromatic rings. The molecule has 2 rings (SSSR count). The molecule has 0 saturated heterocycles. The number of thiophene rings is 1. The van der Waals surface area contributed by atoms with Crippen molar-refractivity contribution in [3.8, 4) is 5.75 Å². The molecule has 0 aliphatic heterocycles. The zero-order valence-electron chi connectivity index (χ0n) is 12.1. The summed E-state index contributed by atoms with van der Waals surface area (Å²) in [4.78, 5) is 3.75. The molecule has 4 heteroatoms. The zero-order chi connectivity index (χ0) is 14.4. The van der Waals surface area contributed by atoms with Crippen LogP contribution in [0.25, 0.3) is 0 Å². The second-order valence-electron chi connectivity index (χ2n) is 4.91. The highest BCUT2D eigenvalue weighted by atomic mass is 32.1. The highest BCUT2D eigenvalue weighted by molar-refractivity contribution is 7.10. The maximum atomic E-state index is 5.84. The minimum atomic E-state index is 0.455. The maximum Gasteiger partial charge on any atom is 0.142 e. The molecule has 0 saturated carbocycles. The highest BCUT2D eigenvalue weighted by Crippen LogP contribution is 2.23. The molecule has 3 nitrogen and oxygen atoms in total. The first kappa shape index (κ1) is 14.9. The molecule has 0 bridgehead atoms. The molecule has 108 valence electrons. The van der Waals surface area contributed by atoms with Crippen LogP contribution in [0.2, 0.25) is 0 Å². The summed E-state index contributed by atoms with van der Waals surface area (Å²) in [5, 5.41) is 2.13. The highest BCUT2D eigenvalue weighted by Gasteiger charge is 2.11. The third-order valence-corrected chi connectivity index (χ3v) is 4.49. The number of para-hydroxylation sites is 2. The van der Waals surface area contributed by atoms with Crippen molar-refractivity contribution < 1.29 is 4.74 Å². The molecule has 0 spiro atoms. The predicted octanol–water partition coefficient (Wildman–Crippen LogP) is 3.79. The fourth-order valence-corrected chi connectivity index (χ4v) is 2.90. The van der Waals surface area contributed by atoms with Crippen LogP contribution in [0.1, 0.15) is 24.3 Å². The molecule has 20 heavy (non-hydrogen) atoms. The van der Waals surface area contributed by atoms with Crippen molar-refractivity contribution in [1.82, 2.24) is 4.90 Å². The summed E-state index contributed by atoms with van der Waals surface area (Å²) >= 11 is 1.81. The minimum absolute atomic E-state index is 0.455. The third-order valence-electron chi connectivity index (χ3n) is 3.45. The summed E-state index contributed by atoms with van der Waals surface area (Å²) in [5.74, 6) is 0.779. The summed E-state index contributed by atoms with van der Waals surface area (Å²) in [7, 11) is 2.15. The largest absolute Gasteiger partial charge is 0.491 e. The Balaban J connectivity index is 1.72. The van der Waals surface area contributed by atoms with Gasteiger partial charge in [0, 0.05) is 17.5 Å². The van der Waals surface area contributed by atoms with Crippen molar-refractivity contribution in [3.63, 3.8) is 0 Å². The van der Waals surface area contributed by atoms with Crippen LogP contribution in [0.4, 0.5) is 5.69 Å². The Kier molecular flexibility index (Phi) is 5.44. The smallest absolute Gasteiger partial charge is 0.142 e. The van der Waals surface area contributed by atoms with Crippen LogP contribution in [0, 0.1) is 0 Å². The Hall–Kier alpha value is -1.52. The molecule has 1 unspecified atom stereocenters.